The summed E-state index contributed by atoms with van der Waals surface area (Å²) in [5, 5.41) is 8.49. The lowest BCUT2D eigenvalue weighted by Crippen LogP contribution is -1.99. The van der Waals surface area contributed by atoms with E-state index in [1.807, 2.05) is 6.07 Å². The number of rotatable bonds is 2. The maximum atomic E-state index is 8.49. The van der Waals surface area contributed by atoms with Gasteiger partial charge in [-0.05, 0) is 6.42 Å². The molecule has 0 spiro atoms. The molecule has 3 nitrogen and oxygen atoms in total. The molecule has 0 aliphatic rings. The van der Waals surface area contributed by atoms with Gasteiger partial charge in [-0.15, -0.1) is 0 Å². The molecule has 1 heterocycles. The van der Waals surface area contributed by atoms with Crippen molar-refractivity contribution in [3.8, 4) is 6.07 Å². The van der Waals surface area contributed by atoms with Crippen molar-refractivity contribution in [2.24, 2.45) is 0 Å². The van der Waals surface area contributed by atoms with Crippen molar-refractivity contribution in [3.05, 3.63) is 23.8 Å². The molecule has 0 aliphatic carbocycles. The van der Waals surface area contributed by atoms with Crippen LogP contribution in [0, 0.1) is 11.3 Å². The summed E-state index contributed by atoms with van der Waals surface area (Å²) in [6.07, 6.45) is 4.15. The van der Waals surface area contributed by atoms with E-state index in [1.54, 1.807) is 12.4 Å². The van der Waals surface area contributed by atoms with Gasteiger partial charge in [-0.3, -0.25) is 0 Å². The standard InChI is InChI=1S/C9H11N3/c1-3-7(2)9-11-5-8(4-10)6-12-9/h5-7H,3H2,1-2H3. The fourth-order valence-electron chi connectivity index (χ4n) is 0.833. The fourth-order valence-corrected chi connectivity index (χ4v) is 0.833. The summed E-state index contributed by atoms with van der Waals surface area (Å²) >= 11 is 0. The summed E-state index contributed by atoms with van der Waals surface area (Å²) in [6.45, 7) is 4.16. The minimum Gasteiger partial charge on any atom is -0.240 e. The topological polar surface area (TPSA) is 49.6 Å². The average Bonchev–Trinajstić information content (AvgIpc) is 2.17. The van der Waals surface area contributed by atoms with Crippen molar-refractivity contribution in [1.29, 1.82) is 5.26 Å². The Balaban J connectivity index is 2.86. The molecule has 0 aliphatic heterocycles. The Morgan fingerprint density at radius 1 is 1.50 bits per heavy atom. The number of nitriles is 1. The Hall–Kier alpha value is -1.43. The minimum absolute atomic E-state index is 0.373. The smallest absolute Gasteiger partial charge is 0.131 e. The van der Waals surface area contributed by atoms with Gasteiger partial charge in [0.15, 0.2) is 0 Å². The van der Waals surface area contributed by atoms with Gasteiger partial charge in [0.2, 0.25) is 0 Å². The van der Waals surface area contributed by atoms with Crippen molar-refractivity contribution in [2.45, 2.75) is 26.2 Å². The van der Waals surface area contributed by atoms with Crippen LogP contribution in [0.2, 0.25) is 0 Å². The molecule has 0 fully saturated rings. The van der Waals surface area contributed by atoms with E-state index >= 15 is 0 Å². The molecule has 0 radical (unpaired) electrons. The molecule has 3 heteroatoms. The zero-order valence-electron chi connectivity index (χ0n) is 7.28. The van der Waals surface area contributed by atoms with Crippen LogP contribution in [-0.2, 0) is 0 Å². The summed E-state index contributed by atoms with van der Waals surface area (Å²) in [6, 6.07) is 1.99. The Morgan fingerprint density at radius 3 is 2.50 bits per heavy atom. The molecule has 1 rings (SSSR count). The maximum Gasteiger partial charge on any atom is 0.131 e. The van der Waals surface area contributed by atoms with Gasteiger partial charge < -0.3 is 0 Å². The van der Waals surface area contributed by atoms with E-state index in [4.69, 9.17) is 5.26 Å². The van der Waals surface area contributed by atoms with Gasteiger partial charge in [-0.25, -0.2) is 9.97 Å². The third-order valence-corrected chi connectivity index (χ3v) is 1.85. The van der Waals surface area contributed by atoms with Crippen LogP contribution < -0.4 is 0 Å². The van der Waals surface area contributed by atoms with Crippen molar-refractivity contribution < 1.29 is 0 Å². The molecule has 1 aromatic rings. The second kappa shape index (κ2) is 3.82. The van der Waals surface area contributed by atoms with Crippen LogP contribution >= 0.6 is 0 Å². The first-order chi connectivity index (χ1) is 5.77. The number of nitrogens with zero attached hydrogens (tertiary/aromatic N) is 3. The average molecular weight is 161 g/mol. The predicted octanol–water partition coefficient (Wildman–Crippen LogP) is 1.86. The molecular weight excluding hydrogens is 150 g/mol. The molecule has 1 atom stereocenters. The second-order valence-corrected chi connectivity index (χ2v) is 2.75. The summed E-state index contributed by atoms with van der Waals surface area (Å²) < 4.78 is 0. The van der Waals surface area contributed by atoms with E-state index in [2.05, 4.69) is 23.8 Å². The van der Waals surface area contributed by atoms with E-state index in [1.165, 1.54) is 0 Å². The first-order valence-electron chi connectivity index (χ1n) is 4.00. The highest BCUT2D eigenvalue weighted by Crippen LogP contribution is 2.12. The molecular formula is C9H11N3. The van der Waals surface area contributed by atoms with Crippen molar-refractivity contribution in [3.63, 3.8) is 0 Å². The quantitative estimate of drug-likeness (QED) is 0.665. The Kier molecular flexibility index (Phi) is 2.76. The van der Waals surface area contributed by atoms with Crippen LogP contribution in [0.5, 0.6) is 0 Å². The zero-order valence-corrected chi connectivity index (χ0v) is 7.28. The zero-order chi connectivity index (χ0) is 8.97. The van der Waals surface area contributed by atoms with Crippen LogP contribution in [0.4, 0.5) is 0 Å². The number of hydrogen-bond donors (Lipinski definition) is 0. The number of hydrogen-bond acceptors (Lipinski definition) is 3. The summed E-state index contributed by atoms with van der Waals surface area (Å²) in [5.41, 5.74) is 0.516. The van der Waals surface area contributed by atoms with Gasteiger partial charge in [0.25, 0.3) is 0 Å². The van der Waals surface area contributed by atoms with Crippen molar-refractivity contribution >= 4 is 0 Å². The summed E-state index contributed by atoms with van der Waals surface area (Å²) in [5.74, 6) is 1.19. The van der Waals surface area contributed by atoms with E-state index in [0.717, 1.165) is 12.2 Å². The van der Waals surface area contributed by atoms with Gasteiger partial charge in [0, 0.05) is 18.3 Å². The highest BCUT2D eigenvalue weighted by molar-refractivity contribution is 5.22. The molecule has 0 bridgehead atoms. The van der Waals surface area contributed by atoms with E-state index < -0.39 is 0 Å². The molecule has 1 unspecified atom stereocenters. The van der Waals surface area contributed by atoms with Crippen molar-refractivity contribution in [2.75, 3.05) is 0 Å². The first-order valence-corrected chi connectivity index (χ1v) is 4.00. The van der Waals surface area contributed by atoms with Gasteiger partial charge in [-0.1, -0.05) is 13.8 Å². The predicted molar refractivity (Wildman–Crippen MR) is 45.5 cm³/mol. The third-order valence-electron chi connectivity index (χ3n) is 1.85. The molecule has 0 aromatic carbocycles. The van der Waals surface area contributed by atoms with Gasteiger partial charge in [0.05, 0.1) is 5.56 Å². The molecule has 0 saturated heterocycles. The van der Waals surface area contributed by atoms with Crippen LogP contribution in [0.1, 0.15) is 37.6 Å². The van der Waals surface area contributed by atoms with E-state index in [0.29, 0.717) is 11.5 Å². The van der Waals surface area contributed by atoms with E-state index in [-0.39, 0.29) is 0 Å². The lowest BCUT2D eigenvalue weighted by atomic mass is 10.1. The molecule has 1 aromatic heterocycles. The second-order valence-electron chi connectivity index (χ2n) is 2.75. The first kappa shape index (κ1) is 8.66. The van der Waals surface area contributed by atoms with Gasteiger partial charge in [-0.2, -0.15) is 5.26 Å². The van der Waals surface area contributed by atoms with Crippen molar-refractivity contribution in [1.82, 2.24) is 9.97 Å². The lowest BCUT2D eigenvalue weighted by Gasteiger charge is -2.04. The summed E-state index contributed by atoms with van der Waals surface area (Å²) in [4.78, 5) is 8.17. The molecule has 12 heavy (non-hydrogen) atoms. The van der Waals surface area contributed by atoms with Crippen LogP contribution in [0.25, 0.3) is 0 Å². The Bertz CT molecular complexity index is 284. The highest BCUT2D eigenvalue weighted by atomic mass is 14.9. The van der Waals surface area contributed by atoms with Crippen LogP contribution in [-0.4, -0.2) is 9.97 Å². The third kappa shape index (κ3) is 1.79. The SMILES string of the molecule is CCC(C)c1ncc(C#N)cn1. The molecule has 0 N–H and O–H groups in total. The van der Waals surface area contributed by atoms with Gasteiger partial charge in [0.1, 0.15) is 11.9 Å². The largest absolute Gasteiger partial charge is 0.240 e. The fraction of sp³-hybridized carbons (Fsp3) is 0.444. The molecule has 62 valence electrons. The lowest BCUT2D eigenvalue weighted by molar-refractivity contribution is 0.677. The molecule has 0 amide bonds. The maximum absolute atomic E-state index is 8.49. The van der Waals surface area contributed by atoms with Crippen LogP contribution in [0.3, 0.4) is 0 Å². The normalized spacial score (nSPS) is 12.1. The summed E-state index contributed by atoms with van der Waals surface area (Å²) in [7, 11) is 0. The van der Waals surface area contributed by atoms with E-state index in [9.17, 15) is 0 Å². The minimum atomic E-state index is 0.373. The highest BCUT2D eigenvalue weighted by Gasteiger charge is 2.04. The molecule has 0 saturated carbocycles. The monoisotopic (exact) mass is 161 g/mol. The Morgan fingerprint density at radius 2 is 2.08 bits per heavy atom. The van der Waals surface area contributed by atoms with Gasteiger partial charge >= 0.3 is 0 Å². The Labute approximate surface area is 72.1 Å². The van der Waals surface area contributed by atoms with Crippen LogP contribution in [0.15, 0.2) is 12.4 Å². The number of aromatic nitrogens is 2.